The van der Waals surface area contributed by atoms with Crippen molar-refractivity contribution in [2.45, 2.75) is 77.1 Å². The summed E-state index contributed by atoms with van der Waals surface area (Å²) in [4.78, 5) is 10.0. The summed E-state index contributed by atoms with van der Waals surface area (Å²) in [5.41, 5.74) is 16.4. The zero-order valence-corrected chi connectivity index (χ0v) is 44.7. The summed E-state index contributed by atoms with van der Waals surface area (Å²) < 4.78 is 10.8. The third-order valence-electron chi connectivity index (χ3n) is 12.2. The van der Waals surface area contributed by atoms with Crippen LogP contribution in [0.25, 0.3) is 82.7 Å². The molecule has 0 atom stereocenters. The van der Waals surface area contributed by atoms with Gasteiger partial charge < -0.3 is 8.98 Å². The molecule has 4 heterocycles. The van der Waals surface area contributed by atoms with Gasteiger partial charge in [-0.1, -0.05) is 110 Å². The molecule has 10 rings (SSSR count). The van der Waals surface area contributed by atoms with Crippen molar-refractivity contribution in [2.24, 2.45) is 5.92 Å². The molecular formula is C59H57GeIrN3OS-2. The third-order valence-corrected chi connectivity index (χ3v) is 17.5. The van der Waals surface area contributed by atoms with Crippen LogP contribution in [-0.4, -0.2) is 27.8 Å². The molecule has 0 saturated carbocycles. The minimum Gasteiger partial charge on any atom is -0.464 e. The second kappa shape index (κ2) is 19.8. The average molecular weight is 1120 g/mol. The van der Waals surface area contributed by atoms with Gasteiger partial charge in [-0.3, -0.25) is 16.3 Å². The van der Waals surface area contributed by atoms with E-state index in [1.807, 2.05) is 24.3 Å². The first-order valence-corrected chi connectivity index (χ1v) is 31.1. The molecule has 10 aromatic rings. The molecule has 0 fully saturated rings. The van der Waals surface area contributed by atoms with Gasteiger partial charge in [0.25, 0.3) is 0 Å². The van der Waals surface area contributed by atoms with Crippen molar-refractivity contribution in [3.8, 4) is 50.6 Å². The molecule has 0 aliphatic carbocycles. The number of aromatic nitrogens is 3. The van der Waals surface area contributed by atoms with Crippen molar-refractivity contribution in [1.82, 2.24) is 14.5 Å². The summed E-state index contributed by atoms with van der Waals surface area (Å²) in [6.07, 6.45) is 5.02. The van der Waals surface area contributed by atoms with Gasteiger partial charge in [0.1, 0.15) is 5.58 Å². The van der Waals surface area contributed by atoms with Crippen LogP contribution in [0.3, 0.4) is 0 Å². The summed E-state index contributed by atoms with van der Waals surface area (Å²) in [6, 6.07) is 52.8. The van der Waals surface area contributed by atoms with Gasteiger partial charge in [-0.05, 0) is 87.7 Å². The molecule has 335 valence electrons. The van der Waals surface area contributed by atoms with E-state index in [2.05, 4.69) is 196 Å². The van der Waals surface area contributed by atoms with Crippen LogP contribution in [0.1, 0.15) is 70.1 Å². The number of hydrogen-bond acceptors (Lipinski definition) is 4. The van der Waals surface area contributed by atoms with Gasteiger partial charge in [-0.25, -0.2) is 0 Å². The Morgan fingerprint density at radius 1 is 0.697 bits per heavy atom. The number of rotatable bonds is 10. The molecule has 1 radical (unpaired) electrons. The fraction of sp³-hybridized carbons (Fsp3) is 0.220. The summed E-state index contributed by atoms with van der Waals surface area (Å²) in [5.74, 6) is 9.54. The SMILES string of the molecule is CC(C)Cc1cc(-c2[c-]cccc2)nc[c]1[Ge]([CH3])([CH3])[CH3].CC(C)c1cc(-c2ccccc2)cc(C(C)C)c1-n1c(-c2[c-]sc3ccc(-c4ccc5occc5c4)cc23)nc2ccccc21.[Ir]. The van der Waals surface area contributed by atoms with E-state index in [0.29, 0.717) is 17.8 Å². The van der Waals surface area contributed by atoms with Gasteiger partial charge in [-0.15, -0.1) is 5.39 Å². The summed E-state index contributed by atoms with van der Waals surface area (Å²) in [7, 11) is 0. The van der Waals surface area contributed by atoms with Crippen LogP contribution in [0.5, 0.6) is 0 Å². The number of benzene rings is 6. The van der Waals surface area contributed by atoms with E-state index >= 15 is 0 Å². The van der Waals surface area contributed by atoms with Gasteiger partial charge in [-0.2, -0.15) is 0 Å². The number of para-hydroxylation sites is 2. The maximum atomic E-state index is 5.60. The molecule has 0 amide bonds. The zero-order valence-electron chi connectivity index (χ0n) is 39.4. The van der Waals surface area contributed by atoms with Crippen molar-refractivity contribution in [1.29, 1.82) is 0 Å². The second-order valence-electron chi connectivity index (χ2n) is 19.3. The molecule has 0 aliphatic rings. The molecule has 0 unspecified atom stereocenters. The van der Waals surface area contributed by atoms with Crippen LogP contribution in [0.15, 0.2) is 156 Å². The number of imidazole rings is 1. The van der Waals surface area contributed by atoms with Gasteiger partial charge in [0.15, 0.2) is 0 Å². The standard InChI is InChI=1S/C41H33N2OS.C18H24GeN.Ir/c1-25(2)32-22-31(27-10-6-5-7-11-27)23-33(26(3)4)40(32)43-37-13-9-8-12-36(37)42-41(43)35-24-45-39-17-15-29(21-34(35)39)28-14-16-38-30(20-28)18-19-44-38;1-14(2)11-16-12-18(15-9-7-6-8-10-15)20-13-17(16)19(3,4)5;/h5-23,25-26H,1-4H3;6-9,12-14H,11H2,1-5H3;/q2*-1;. The van der Waals surface area contributed by atoms with Crippen molar-refractivity contribution in [3.63, 3.8) is 0 Å². The summed E-state index contributed by atoms with van der Waals surface area (Å²) >= 11 is -0.200. The van der Waals surface area contributed by atoms with Gasteiger partial charge in [0, 0.05) is 31.2 Å². The van der Waals surface area contributed by atoms with Gasteiger partial charge in [0.2, 0.25) is 0 Å². The molecule has 4 aromatic heterocycles. The number of nitrogens with zero attached hydrogens (tertiary/aromatic N) is 3. The summed E-state index contributed by atoms with van der Waals surface area (Å²) in [6.45, 7) is 13.8. The molecule has 0 spiro atoms. The van der Waals surface area contributed by atoms with Crippen molar-refractivity contribution >= 4 is 61.1 Å². The van der Waals surface area contributed by atoms with E-state index in [0.717, 1.165) is 56.6 Å². The molecule has 4 nitrogen and oxygen atoms in total. The number of furan rings is 1. The minimum atomic E-state index is -1.86. The maximum absolute atomic E-state index is 5.60. The van der Waals surface area contributed by atoms with Crippen LogP contribution >= 0.6 is 11.3 Å². The molecular weight excluding hydrogens is 1060 g/mol. The fourth-order valence-corrected chi connectivity index (χ4v) is 13.1. The fourth-order valence-electron chi connectivity index (χ4n) is 8.98. The Hall–Kier alpha value is -5.37. The predicted molar refractivity (Wildman–Crippen MR) is 280 cm³/mol. The first kappa shape index (κ1) is 47.1. The summed E-state index contributed by atoms with van der Waals surface area (Å²) in [5, 5.41) is 5.95. The van der Waals surface area contributed by atoms with Crippen LogP contribution in [0.4, 0.5) is 0 Å². The van der Waals surface area contributed by atoms with E-state index in [1.165, 1.54) is 49.2 Å². The van der Waals surface area contributed by atoms with E-state index in [1.54, 1.807) is 22.0 Å². The molecule has 66 heavy (non-hydrogen) atoms. The Labute approximate surface area is 410 Å². The Kier molecular flexibility index (Phi) is 14.2. The van der Waals surface area contributed by atoms with E-state index < -0.39 is 13.3 Å². The van der Waals surface area contributed by atoms with Crippen molar-refractivity contribution in [3.05, 3.63) is 180 Å². The Morgan fingerprint density at radius 3 is 2.09 bits per heavy atom. The Bertz CT molecular complexity index is 3240. The number of thiophene rings is 1. The quantitative estimate of drug-likeness (QED) is 0.101. The maximum Gasteiger partial charge on any atom is 0.133 e. The first-order valence-electron chi connectivity index (χ1n) is 22.9. The van der Waals surface area contributed by atoms with Gasteiger partial charge >= 0.3 is 126 Å². The molecule has 0 N–H and O–H groups in total. The van der Waals surface area contributed by atoms with E-state index in [-0.39, 0.29) is 20.1 Å². The molecule has 0 saturated heterocycles. The van der Waals surface area contributed by atoms with E-state index in [9.17, 15) is 0 Å². The van der Waals surface area contributed by atoms with Crippen LogP contribution in [-0.2, 0) is 26.5 Å². The Morgan fingerprint density at radius 2 is 1.39 bits per heavy atom. The number of fused-ring (bicyclic) bond motifs is 3. The third kappa shape index (κ3) is 9.71. The Balaban J connectivity index is 0.000000238. The van der Waals surface area contributed by atoms with E-state index in [4.69, 9.17) is 14.4 Å². The normalized spacial score (nSPS) is 11.8. The van der Waals surface area contributed by atoms with Crippen molar-refractivity contribution < 1.29 is 24.5 Å². The number of pyridine rings is 1. The van der Waals surface area contributed by atoms with Gasteiger partial charge in [0.05, 0.1) is 23.1 Å². The largest absolute Gasteiger partial charge is 0.464 e. The van der Waals surface area contributed by atoms with Crippen molar-refractivity contribution in [2.75, 3.05) is 0 Å². The first-order chi connectivity index (χ1) is 31.3. The smallest absolute Gasteiger partial charge is 0.133 e. The predicted octanol–water partition coefficient (Wildman–Crippen LogP) is 16.3. The minimum absolute atomic E-state index is 0. The number of hydrogen-bond donors (Lipinski definition) is 0. The van der Waals surface area contributed by atoms with Crippen LogP contribution < -0.4 is 4.40 Å². The van der Waals surface area contributed by atoms with Crippen LogP contribution in [0, 0.1) is 17.4 Å². The van der Waals surface area contributed by atoms with Crippen LogP contribution in [0.2, 0.25) is 17.3 Å². The zero-order chi connectivity index (χ0) is 45.4. The topological polar surface area (TPSA) is 43.9 Å². The average Bonchev–Trinajstić information content (AvgIpc) is 4.05. The second-order valence-corrected chi connectivity index (χ2v) is 30.7. The monoisotopic (exact) mass is 1120 g/mol. The molecule has 6 aromatic carbocycles. The molecule has 0 bridgehead atoms. The molecule has 0 aliphatic heterocycles. The molecule has 7 heteroatoms.